The van der Waals surface area contributed by atoms with Gasteiger partial charge in [-0.2, -0.15) is 5.10 Å². The number of hydrogen-bond donors (Lipinski definition) is 1. The lowest BCUT2D eigenvalue weighted by Crippen LogP contribution is -2.17. The van der Waals surface area contributed by atoms with Crippen LogP contribution in [0, 0.1) is 12.8 Å². The molecule has 1 aliphatic carbocycles. The third-order valence-corrected chi connectivity index (χ3v) is 3.85. The van der Waals surface area contributed by atoms with Crippen molar-refractivity contribution in [1.82, 2.24) is 15.1 Å². The molecule has 0 aliphatic heterocycles. The van der Waals surface area contributed by atoms with Crippen LogP contribution in [0.4, 0.5) is 0 Å². The van der Waals surface area contributed by atoms with Gasteiger partial charge in [0.15, 0.2) is 0 Å². The zero-order chi connectivity index (χ0) is 12.1. The standard InChI is InChI=1S/C14H25N3/c1-12-10-14(17(2)16-12)11-15-9-5-8-13-6-3-4-7-13/h10,13,15H,3-9,11H2,1-2H3. The third kappa shape index (κ3) is 3.84. The van der Waals surface area contributed by atoms with Crippen LogP contribution >= 0.6 is 0 Å². The molecule has 3 nitrogen and oxygen atoms in total. The molecular formula is C14H25N3. The summed E-state index contributed by atoms with van der Waals surface area (Å²) in [5.74, 6) is 1.02. The first-order valence-corrected chi connectivity index (χ1v) is 6.96. The molecule has 0 amide bonds. The summed E-state index contributed by atoms with van der Waals surface area (Å²) >= 11 is 0. The van der Waals surface area contributed by atoms with Gasteiger partial charge in [0.1, 0.15) is 0 Å². The van der Waals surface area contributed by atoms with Crippen LogP contribution in [0.5, 0.6) is 0 Å². The van der Waals surface area contributed by atoms with Gasteiger partial charge in [-0.05, 0) is 38.3 Å². The minimum atomic E-state index is 0.946. The highest BCUT2D eigenvalue weighted by molar-refractivity contribution is 5.08. The van der Waals surface area contributed by atoms with Gasteiger partial charge in [-0.25, -0.2) is 0 Å². The van der Waals surface area contributed by atoms with Gasteiger partial charge >= 0.3 is 0 Å². The van der Waals surface area contributed by atoms with E-state index in [1.54, 1.807) is 0 Å². The zero-order valence-electron chi connectivity index (χ0n) is 11.2. The van der Waals surface area contributed by atoms with E-state index < -0.39 is 0 Å². The number of nitrogens with one attached hydrogen (secondary N) is 1. The molecule has 0 saturated heterocycles. The van der Waals surface area contributed by atoms with E-state index in [0.29, 0.717) is 0 Å². The van der Waals surface area contributed by atoms with E-state index in [4.69, 9.17) is 0 Å². The highest BCUT2D eigenvalue weighted by Crippen LogP contribution is 2.28. The Morgan fingerprint density at radius 1 is 1.41 bits per heavy atom. The van der Waals surface area contributed by atoms with Crippen molar-refractivity contribution in [3.63, 3.8) is 0 Å². The SMILES string of the molecule is Cc1cc(CNCCCC2CCCC2)n(C)n1. The fourth-order valence-corrected chi connectivity index (χ4v) is 2.86. The van der Waals surface area contributed by atoms with Crippen LogP contribution in [0.15, 0.2) is 6.07 Å². The predicted octanol–water partition coefficient (Wildman–Crippen LogP) is 2.79. The Labute approximate surface area is 105 Å². The van der Waals surface area contributed by atoms with Gasteiger partial charge in [-0.15, -0.1) is 0 Å². The molecule has 0 unspecified atom stereocenters. The smallest absolute Gasteiger partial charge is 0.0597 e. The Balaban J connectivity index is 1.58. The summed E-state index contributed by atoms with van der Waals surface area (Å²) in [7, 11) is 2.02. The maximum Gasteiger partial charge on any atom is 0.0597 e. The van der Waals surface area contributed by atoms with E-state index in [-0.39, 0.29) is 0 Å². The summed E-state index contributed by atoms with van der Waals surface area (Å²) in [5, 5.41) is 7.87. The van der Waals surface area contributed by atoms with Crippen molar-refractivity contribution in [1.29, 1.82) is 0 Å². The monoisotopic (exact) mass is 235 g/mol. The van der Waals surface area contributed by atoms with Gasteiger partial charge in [0.25, 0.3) is 0 Å². The molecule has 0 atom stereocenters. The van der Waals surface area contributed by atoms with Gasteiger partial charge < -0.3 is 5.32 Å². The van der Waals surface area contributed by atoms with E-state index in [9.17, 15) is 0 Å². The van der Waals surface area contributed by atoms with Crippen LogP contribution in [0.1, 0.15) is 49.9 Å². The van der Waals surface area contributed by atoms with Gasteiger partial charge in [-0.3, -0.25) is 4.68 Å². The number of nitrogens with zero attached hydrogens (tertiary/aromatic N) is 2. The highest BCUT2D eigenvalue weighted by atomic mass is 15.3. The molecule has 2 rings (SSSR count). The first kappa shape index (κ1) is 12.6. The summed E-state index contributed by atoms with van der Waals surface area (Å²) in [6.07, 6.45) is 8.61. The highest BCUT2D eigenvalue weighted by Gasteiger charge is 2.13. The summed E-state index contributed by atoms with van der Waals surface area (Å²) in [6.45, 7) is 4.13. The molecule has 1 aliphatic rings. The van der Waals surface area contributed by atoms with Crippen molar-refractivity contribution in [2.75, 3.05) is 6.54 Å². The lowest BCUT2D eigenvalue weighted by molar-refractivity contribution is 0.468. The van der Waals surface area contributed by atoms with E-state index >= 15 is 0 Å². The van der Waals surface area contributed by atoms with Gasteiger partial charge in [0.05, 0.1) is 11.4 Å². The third-order valence-electron chi connectivity index (χ3n) is 3.85. The van der Waals surface area contributed by atoms with Crippen LogP contribution < -0.4 is 5.32 Å². The molecule has 96 valence electrons. The molecule has 1 saturated carbocycles. The van der Waals surface area contributed by atoms with E-state index in [1.807, 2.05) is 18.7 Å². The van der Waals surface area contributed by atoms with Crippen LogP contribution in [0.25, 0.3) is 0 Å². The molecule has 1 heterocycles. The maximum atomic E-state index is 4.35. The van der Waals surface area contributed by atoms with E-state index in [0.717, 1.165) is 24.7 Å². The van der Waals surface area contributed by atoms with Crippen molar-refractivity contribution in [3.05, 3.63) is 17.5 Å². The van der Waals surface area contributed by atoms with Crippen molar-refractivity contribution >= 4 is 0 Å². The molecule has 17 heavy (non-hydrogen) atoms. The average molecular weight is 235 g/mol. The lowest BCUT2D eigenvalue weighted by Gasteiger charge is -2.09. The molecule has 3 heteroatoms. The fourth-order valence-electron chi connectivity index (χ4n) is 2.86. The number of rotatable bonds is 6. The van der Waals surface area contributed by atoms with Crippen LogP contribution in [-0.2, 0) is 13.6 Å². The number of hydrogen-bond acceptors (Lipinski definition) is 2. The fraction of sp³-hybridized carbons (Fsp3) is 0.786. The van der Waals surface area contributed by atoms with Crippen molar-refractivity contribution in [3.8, 4) is 0 Å². The second kappa shape index (κ2) is 6.20. The Kier molecular flexibility index (Phi) is 4.60. The number of aromatic nitrogens is 2. The topological polar surface area (TPSA) is 29.9 Å². The van der Waals surface area contributed by atoms with Crippen molar-refractivity contribution < 1.29 is 0 Å². The van der Waals surface area contributed by atoms with E-state index in [1.165, 1.54) is 44.2 Å². The second-order valence-electron chi connectivity index (χ2n) is 5.37. The second-order valence-corrected chi connectivity index (χ2v) is 5.37. The summed E-state index contributed by atoms with van der Waals surface area (Å²) < 4.78 is 1.97. The number of aryl methyl sites for hydroxylation is 2. The Hall–Kier alpha value is -0.830. The average Bonchev–Trinajstić information content (AvgIpc) is 2.89. The first-order valence-electron chi connectivity index (χ1n) is 6.96. The van der Waals surface area contributed by atoms with Gasteiger partial charge in [0, 0.05) is 13.6 Å². The summed E-state index contributed by atoms with van der Waals surface area (Å²) in [5.41, 5.74) is 2.39. The Bertz CT molecular complexity index is 337. The minimum absolute atomic E-state index is 0.946. The van der Waals surface area contributed by atoms with Crippen LogP contribution in [0.3, 0.4) is 0 Å². The van der Waals surface area contributed by atoms with Crippen LogP contribution in [0.2, 0.25) is 0 Å². The lowest BCUT2D eigenvalue weighted by atomic mass is 10.0. The first-order chi connectivity index (χ1) is 8.25. The summed E-state index contributed by atoms with van der Waals surface area (Å²) in [4.78, 5) is 0. The molecule has 0 bridgehead atoms. The molecule has 0 spiro atoms. The summed E-state index contributed by atoms with van der Waals surface area (Å²) in [6, 6.07) is 2.16. The van der Waals surface area contributed by atoms with Gasteiger partial charge in [0.2, 0.25) is 0 Å². The molecular weight excluding hydrogens is 210 g/mol. The Morgan fingerprint density at radius 3 is 2.82 bits per heavy atom. The van der Waals surface area contributed by atoms with E-state index in [2.05, 4.69) is 16.5 Å². The molecule has 0 aromatic carbocycles. The van der Waals surface area contributed by atoms with Crippen LogP contribution in [-0.4, -0.2) is 16.3 Å². The molecule has 1 fully saturated rings. The minimum Gasteiger partial charge on any atom is -0.311 e. The quantitative estimate of drug-likeness (QED) is 0.768. The molecule has 0 radical (unpaired) electrons. The van der Waals surface area contributed by atoms with Gasteiger partial charge in [-0.1, -0.05) is 25.7 Å². The largest absolute Gasteiger partial charge is 0.311 e. The molecule has 1 aromatic rings. The normalized spacial score (nSPS) is 16.8. The molecule has 1 aromatic heterocycles. The predicted molar refractivity (Wildman–Crippen MR) is 70.8 cm³/mol. The maximum absolute atomic E-state index is 4.35. The Morgan fingerprint density at radius 2 is 2.18 bits per heavy atom. The molecule has 1 N–H and O–H groups in total. The van der Waals surface area contributed by atoms with Crippen molar-refractivity contribution in [2.45, 2.75) is 52.0 Å². The zero-order valence-corrected chi connectivity index (χ0v) is 11.2. The van der Waals surface area contributed by atoms with Crippen molar-refractivity contribution in [2.24, 2.45) is 13.0 Å².